The average Bonchev–Trinajstić information content (AvgIpc) is 2.76. The average molecular weight is 445 g/mol. The summed E-state index contributed by atoms with van der Waals surface area (Å²) in [5.41, 5.74) is 5.31. The molecule has 0 N–H and O–H groups in total. The van der Waals surface area contributed by atoms with E-state index in [1.807, 2.05) is 54.6 Å². The molecule has 3 aromatic rings. The van der Waals surface area contributed by atoms with Crippen molar-refractivity contribution in [2.75, 3.05) is 13.7 Å². The van der Waals surface area contributed by atoms with Crippen molar-refractivity contribution in [2.45, 2.75) is 12.8 Å². The molecule has 156 valence electrons. The molecule has 0 amide bonds. The van der Waals surface area contributed by atoms with E-state index in [0.717, 1.165) is 53.1 Å². The lowest BCUT2D eigenvalue weighted by molar-refractivity contribution is 0.415. The molecule has 0 fully saturated rings. The van der Waals surface area contributed by atoms with Gasteiger partial charge in [-0.2, -0.15) is 0 Å². The van der Waals surface area contributed by atoms with Gasteiger partial charge in [-0.25, -0.2) is 4.39 Å². The minimum Gasteiger partial charge on any atom is -0.497 e. The van der Waals surface area contributed by atoms with Gasteiger partial charge in [-0.3, -0.25) is 9.98 Å². The Bertz CT molecular complexity index is 1030. The smallest absolute Gasteiger partial charge is 0.131 e. The van der Waals surface area contributed by atoms with E-state index in [4.69, 9.17) is 4.74 Å². The predicted molar refractivity (Wildman–Crippen MR) is 126 cm³/mol. The molecule has 0 radical (unpaired) electrons. The van der Waals surface area contributed by atoms with Crippen LogP contribution in [-0.4, -0.2) is 24.4 Å². The van der Waals surface area contributed by atoms with Crippen molar-refractivity contribution in [3.8, 4) is 16.9 Å². The summed E-state index contributed by atoms with van der Waals surface area (Å²) in [6.07, 6.45) is 7.32. The van der Waals surface area contributed by atoms with E-state index in [1.165, 1.54) is 0 Å². The van der Waals surface area contributed by atoms with E-state index >= 15 is 0 Å². The van der Waals surface area contributed by atoms with Gasteiger partial charge in [0.25, 0.3) is 0 Å². The number of hydrogen-bond acceptors (Lipinski definition) is 3. The summed E-state index contributed by atoms with van der Waals surface area (Å²) in [7, 11) is 1.63. The Morgan fingerprint density at radius 2 is 1.73 bits per heavy atom. The van der Waals surface area contributed by atoms with Gasteiger partial charge < -0.3 is 4.74 Å². The largest absolute Gasteiger partial charge is 0.497 e. The maximum absolute atomic E-state index is 14.8. The highest BCUT2D eigenvalue weighted by Gasteiger charge is 2.15. The fourth-order valence-corrected chi connectivity index (χ4v) is 3.40. The highest BCUT2D eigenvalue weighted by atomic mass is 35.5. The molecule has 0 unspecified atom stereocenters. The number of nitrogens with zero attached hydrogens (tertiary/aromatic N) is 2. The number of allylic oxidation sites excluding steroid dienone is 1. The zero-order chi connectivity index (χ0) is 19.3. The summed E-state index contributed by atoms with van der Waals surface area (Å²) >= 11 is 0. The van der Waals surface area contributed by atoms with E-state index < -0.39 is 0 Å². The number of halogens is 3. The summed E-state index contributed by atoms with van der Waals surface area (Å²) in [6, 6.07) is 16.9. The Morgan fingerprint density at radius 1 is 0.967 bits per heavy atom. The van der Waals surface area contributed by atoms with E-state index in [-0.39, 0.29) is 30.6 Å². The van der Waals surface area contributed by atoms with Crippen LogP contribution in [0.2, 0.25) is 0 Å². The molecule has 30 heavy (non-hydrogen) atoms. The molecule has 1 aliphatic heterocycles. The first-order chi connectivity index (χ1) is 13.7. The molecular formula is C24H23Cl2FN2O. The van der Waals surface area contributed by atoms with Crippen molar-refractivity contribution in [3.05, 3.63) is 89.5 Å². The molecule has 0 atom stereocenters. The fourth-order valence-electron chi connectivity index (χ4n) is 3.40. The maximum atomic E-state index is 14.8. The fraction of sp³-hybridized carbons (Fsp3) is 0.167. The van der Waals surface area contributed by atoms with Gasteiger partial charge >= 0.3 is 0 Å². The quantitative estimate of drug-likeness (QED) is 0.465. The Labute approximate surface area is 188 Å². The van der Waals surface area contributed by atoms with E-state index in [2.05, 4.69) is 9.98 Å². The first kappa shape index (κ1) is 23.6. The van der Waals surface area contributed by atoms with Crippen LogP contribution in [0.25, 0.3) is 17.2 Å². The lowest BCUT2D eigenvalue weighted by Gasteiger charge is -2.16. The maximum Gasteiger partial charge on any atom is 0.131 e. The lowest BCUT2D eigenvalue weighted by Crippen LogP contribution is -2.12. The van der Waals surface area contributed by atoms with Crippen LogP contribution in [0, 0.1) is 5.82 Å². The monoisotopic (exact) mass is 444 g/mol. The molecule has 3 nitrogen and oxygen atoms in total. The molecular weight excluding hydrogens is 422 g/mol. The van der Waals surface area contributed by atoms with Gasteiger partial charge in [-0.1, -0.05) is 24.3 Å². The van der Waals surface area contributed by atoms with Crippen molar-refractivity contribution < 1.29 is 9.13 Å². The Hall–Kier alpha value is -2.69. The first-order valence-electron chi connectivity index (χ1n) is 9.34. The zero-order valence-corrected chi connectivity index (χ0v) is 18.2. The molecule has 6 heteroatoms. The molecule has 4 rings (SSSR count). The number of rotatable bonds is 4. The number of benzene rings is 2. The van der Waals surface area contributed by atoms with Gasteiger partial charge in [-0.05, 0) is 65.9 Å². The SMILES string of the molecule is COc1ccc(-c2ccc(C=C3CCCN=C3c3cccnc3)c(F)c2)cc1.Cl.Cl. The molecule has 0 aliphatic carbocycles. The van der Waals surface area contributed by atoms with Crippen LogP contribution in [-0.2, 0) is 0 Å². The summed E-state index contributed by atoms with van der Waals surface area (Å²) in [5.74, 6) is 0.544. The second kappa shape index (κ2) is 10.9. The third-order valence-corrected chi connectivity index (χ3v) is 4.87. The van der Waals surface area contributed by atoms with Gasteiger partial charge in [0.2, 0.25) is 0 Å². The Balaban J connectivity index is 0.00000160. The van der Waals surface area contributed by atoms with E-state index in [1.54, 1.807) is 25.6 Å². The third-order valence-electron chi connectivity index (χ3n) is 4.87. The molecule has 0 saturated heterocycles. The molecule has 0 bridgehead atoms. The van der Waals surface area contributed by atoms with Crippen LogP contribution < -0.4 is 4.74 Å². The topological polar surface area (TPSA) is 34.5 Å². The van der Waals surface area contributed by atoms with Crippen LogP contribution in [0.5, 0.6) is 5.75 Å². The zero-order valence-electron chi connectivity index (χ0n) is 16.5. The molecule has 1 aliphatic rings. The minimum atomic E-state index is -0.239. The van der Waals surface area contributed by atoms with Crippen LogP contribution in [0.4, 0.5) is 4.39 Å². The summed E-state index contributed by atoms with van der Waals surface area (Å²) in [6.45, 7) is 0.792. The highest BCUT2D eigenvalue weighted by molar-refractivity contribution is 6.15. The standard InChI is InChI=1S/C24H21FN2O.2ClH/c1-28-22-10-8-17(9-11-22)18-6-7-19(23(25)15-18)14-20-4-3-13-27-24(20)21-5-2-12-26-16-21;;/h2,5-12,14-16H,3-4,13H2,1H3;2*1H. The van der Waals surface area contributed by atoms with Gasteiger partial charge in [0.05, 0.1) is 12.8 Å². The van der Waals surface area contributed by atoms with Crippen molar-refractivity contribution >= 4 is 36.6 Å². The predicted octanol–water partition coefficient (Wildman–Crippen LogP) is 6.41. The van der Waals surface area contributed by atoms with Gasteiger partial charge in [0.1, 0.15) is 11.6 Å². The van der Waals surface area contributed by atoms with Crippen LogP contribution in [0.3, 0.4) is 0 Å². The van der Waals surface area contributed by atoms with E-state index in [9.17, 15) is 4.39 Å². The summed E-state index contributed by atoms with van der Waals surface area (Å²) in [5, 5.41) is 0. The number of ether oxygens (including phenoxy) is 1. The summed E-state index contributed by atoms with van der Waals surface area (Å²) < 4.78 is 20.0. The molecule has 1 aromatic heterocycles. The van der Waals surface area contributed by atoms with Crippen molar-refractivity contribution in [3.63, 3.8) is 0 Å². The van der Waals surface area contributed by atoms with Gasteiger partial charge in [0.15, 0.2) is 0 Å². The molecule has 2 aromatic carbocycles. The van der Waals surface area contributed by atoms with Crippen LogP contribution in [0.1, 0.15) is 24.0 Å². The third kappa shape index (κ3) is 5.26. The van der Waals surface area contributed by atoms with Gasteiger partial charge in [0, 0.05) is 30.1 Å². The Morgan fingerprint density at radius 3 is 2.40 bits per heavy atom. The normalized spacial score (nSPS) is 14.3. The van der Waals surface area contributed by atoms with Gasteiger partial charge in [-0.15, -0.1) is 24.8 Å². The number of pyridine rings is 1. The minimum absolute atomic E-state index is 0. The molecule has 0 saturated carbocycles. The van der Waals surface area contributed by atoms with Crippen molar-refractivity contribution in [1.82, 2.24) is 4.98 Å². The number of hydrogen-bond donors (Lipinski definition) is 0. The molecule has 2 heterocycles. The Kier molecular flexibility index (Phi) is 8.58. The van der Waals surface area contributed by atoms with E-state index in [0.29, 0.717) is 5.56 Å². The first-order valence-corrected chi connectivity index (χ1v) is 9.34. The lowest BCUT2D eigenvalue weighted by atomic mass is 9.94. The van der Waals surface area contributed by atoms with Crippen molar-refractivity contribution in [1.29, 1.82) is 0 Å². The second-order valence-corrected chi connectivity index (χ2v) is 6.71. The number of aromatic nitrogens is 1. The highest BCUT2D eigenvalue weighted by Crippen LogP contribution is 2.27. The molecule has 0 spiro atoms. The summed E-state index contributed by atoms with van der Waals surface area (Å²) in [4.78, 5) is 8.85. The van der Waals surface area contributed by atoms with Crippen LogP contribution in [0.15, 0.2) is 77.6 Å². The number of aliphatic imine (C=N–C) groups is 1. The van der Waals surface area contributed by atoms with Crippen LogP contribution >= 0.6 is 24.8 Å². The number of methoxy groups -OCH3 is 1. The second-order valence-electron chi connectivity index (χ2n) is 6.71. The van der Waals surface area contributed by atoms with Crippen molar-refractivity contribution in [2.24, 2.45) is 4.99 Å².